The Labute approximate surface area is 169 Å². The summed E-state index contributed by atoms with van der Waals surface area (Å²) in [5.41, 5.74) is 5.79. The maximum atomic E-state index is 12.7. The van der Waals surface area contributed by atoms with Gasteiger partial charge in [-0.1, -0.05) is 18.2 Å². The summed E-state index contributed by atoms with van der Waals surface area (Å²) in [4.78, 5) is 29.2. The predicted octanol–water partition coefficient (Wildman–Crippen LogP) is 4.06. The highest BCUT2D eigenvalue weighted by molar-refractivity contribution is 5.90. The highest BCUT2D eigenvalue weighted by Gasteiger charge is 2.17. The number of hydrogen-bond donors (Lipinski definition) is 2. The van der Waals surface area contributed by atoms with E-state index >= 15 is 0 Å². The van der Waals surface area contributed by atoms with Crippen LogP contribution in [0.2, 0.25) is 0 Å². The molecule has 0 spiro atoms. The van der Waals surface area contributed by atoms with E-state index in [-0.39, 0.29) is 11.9 Å². The van der Waals surface area contributed by atoms with Crippen molar-refractivity contribution in [3.05, 3.63) is 77.5 Å². The number of aromatic amines is 1. The van der Waals surface area contributed by atoms with Gasteiger partial charge in [0.1, 0.15) is 0 Å². The number of rotatable bonds is 5. The minimum atomic E-state index is -0.181. The molecule has 4 aromatic rings. The summed E-state index contributed by atoms with van der Waals surface area (Å²) >= 11 is 0. The van der Waals surface area contributed by atoms with Crippen LogP contribution in [0.3, 0.4) is 0 Å². The Balaban J connectivity index is 1.49. The molecule has 2 N–H and O–H groups in total. The van der Waals surface area contributed by atoms with Gasteiger partial charge in [-0.2, -0.15) is 0 Å². The molecule has 0 radical (unpaired) electrons. The van der Waals surface area contributed by atoms with Crippen LogP contribution < -0.4 is 5.32 Å². The van der Waals surface area contributed by atoms with Gasteiger partial charge in [0.15, 0.2) is 5.82 Å². The average molecular weight is 385 g/mol. The number of aromatic nitrogens is 4. The Hall–Kier alpha value is -3.54. The molecule has 0 saturated carbocycles. The first-order valence-electron chi connectivity index (χ1n) is 9.62. The minimum Gasteiger partial charge on any atom is -0.358 e. The van der Waals surface area contributed by atoms with Crippen LogP contribution in [-0.2, 0) is 11.2 Å². The number of fused-ring (bicyclic) bond motifs is 1. The third kappa shape index (κ3) is 3.87. The highest BCUT2D eigenvalue weighted by atomic mass is 16.1. The van der Waals surface area contributed by atoms with Gasteiger partial charge < -0.3 is 10.3 Å². The Morgan fingerprint density at radius 1 is 1.14 bits per heavy atom. The van der Waals surface area contributed by atoms with Gasteiger partial charge >= 0.3 is 0 Å². The Morgan fingerprint density at radius 3 is 2.66 bits per heavy atom. The summed E-state index contributed by atoms with van der Waals surface area (Å²) in [5, 5.41) is 4.18. The number of nitrogens with one attached hydrogen (secondary N) is 2. The van der Waals surface area contributed by atoms with Gasteiger partial charge in [-0.05, 0) is 44.5 Å². The van der Waals surface area contributed by atoms with Gasteiger partial charge in [-0.25, -0.2) is 9.97 Å². The average Bonchev–Trinajstić information content (AvgIpc) is 3.03. The normalized spacial score (nSPS) is 12.1. The van der Waals surface area contributed by atoms with Gasteiger partial charge in [-0.3, -0.25) is 9.78 Å². The molecule has 0 bridgehead atoms. The molecule has 0 aliphatic rings. The van der Waals surface area contributed by atoms with E-state index in [2.05, 4.69) is 25.3 Å². The molecule has 0 fully saturated rings. The minimum absolute atomic E-state index is 0.0250. The number of H-pyrrole nitrogens is 1. The quantitative estimate of drug-likeness (QED) is 0.543. The van der Waals surface area contributed by atoms with Crippen molar-refractivity contribution in [2.45, 2.75) is 33.2 Å². The molecule has 29 heavy (non-hydrogen) atoms. The molecule has 0 aliphatic carbocycles. The molecule has 146 valence electrons. The fourth-order valence-corrected chi connectivity index (χ4v) is 3.63. The van der Waals surface area contributed by atoms with Crippen LogP contribution in [0.25, 0.3) is 22.3 Å². The number of benzene rings is 1. The Kier molecular flexibility index (Phi) is 5.08. The number of para-hydroxylation sites is 1. The van der Waals surface area contributed by atoms with Gasteiger partial charge in [0, 0.05) is 52.0 Å². The number of carbonyl (C=O) groups excluding carboxylic acids is 1. The molecule has 6 heteroatoms. The molecule has 6 nitrogen and oxygen atoms in total. The number of aryl methyl sites for hydroxylation is 2. The summed E-state index contributed by atoms with van der Waals surface area (Å²) < 4.78 is 0. The molecule has 1 amide bonds. The molecule has 0 aliphatic heterocycles. The summed E-state index contributed by atoms with van der Waals surface area (Å²) in [5.74, 6) is 0.629. The first kappa shape index (κ1) is 18.8. The number of nitrogens with zero attached hydrogens (tertiary/aromatic N) is 3. The molecule has 0 saturated heterocycles. The molecule has 3 aromatic heterocycles. The van der Waals surface area contributed by atoms with Crippen LogP contribution in [0, 0.1) is 13.8 Å². The number of carbonyl (C=O) groups is 1. The fraction of sp³-hybridized carbons (Fsp3) is 0.217. The number of hydrogen-bond acceptors (Lipinski definition) is 4. The van der Waals surface area contributed by atoms with Crippen LogP contribution in [0.5, 0.6) is 0 Å². The van der Waals surface area contributed by atoms with Crippen molar-refractivity contribution in [3.63, 3.8) is 0 Å². The first-order chi connectivity index (χ1) is 14.0. The molecular formula is C23H23N5O. The van der Waals surface area contributed by atoms with E-state index in [1.165, 1.54) is 0 Å². The summed E-state index contributed by atoms with van der Waals surface area (Å²) in [6.07, 6.45) is 5.56. The monoisotopic (exact) mass is 385 g/mol. The third-order valence-corrected chi connectivity index (χ3v) is 5.16. The lowest BCUT2D eigenvalue weighted by Crippen LogP contribution is -2.29. The van der Waals surface area contributed by atoms with Crippen molar-refractivity contribution in [1.29, 1.82) is 0 Å². The van der Waals surface area contributed by atoms with Crippen molar-refractivity contribution in [3.8, 4) is 11.4 Å². The van der Waals surface area contributed by atoms with Gasteiger partial charge in [0.2, 0.25) is 5.91 Å². The van der Waals surface area contributed by atoms with Crippen LogP contribution in [-0.4, -0.2) is 25.8 Å². The number of amides is 1. The largest absolute Gasteiger partial charge is 0.358 e. The van der Waals surface area contributed by atoms with Crippen molar-refractivity contribution < 1.29 is 4.79 Å². The maximum Gasteiger partial charge on any atom is 0.224 e. The topological polar surface area (TPSA) is 83.6 Å². The van der Waals surface area contributed by atoms with Crippen molar-refractivity contribution in [1.82, 2.24) is 25.3 Å². The second-order valence-corrected chi connectivity index (χ2v) is 7.21. The predicted molar refractivity (Wildman–Crippen MR) is 113 cm³/mol. The zero-order valence-electron chi connectivity index (χ0n) is 16.7. The Bertz CT molecular complexity index is 1170. The lowest BCUT2D eigenvalue weighted by atomic mass is 10.1. The standard InChI is InChI=1S/C23H23N5O/c1-14-19(18-6-4-5-7-21(18)26-14)12-22(29)27-15(2)20-13-25-23(28-16(20)3)17-8-10-24-11-9-17/h4-11,13,15,26H,12H2,1-3H3,(H,27,29). The van der Waals surface area contributed by atoms with E-state index in [1.807, 2.05) is 57.2 Å². The van der Waals surface area contributed by atoms with Gasteiger partial charge in [0.25, 0.3) is 0 Å². The van der Waals surface area contributed by atoms with Crippen LogP contribution in [0.4, 0.5) is 0 Å². The zero-order valence-corrected chi connectivity index (χ0v) is 16.7. The summed E-state index contributed by atoms with van der Waals surface area (Å²) in [7, 11) is 0. The van der Waals surface area contributed by atoms with Crippen molar-refractivity contribution in [2.75, 3.05) is 0 Å². The van der Waals surface area contributed by atoms with Crippen molar-refractivity contribution >= 4 is 16.8 Å². The van der Waals surface area contributed by atoms with E-state index in [4.69, 9.17) is 0 Å². The second kappa shape index (κ2) is 7.83. The number of pyridine rings is 1. The molecule has 1 aromatic carbocycles. The SMILES string of the molecule is Cc1nc(-c2ccncc2)ncc1C(C)NC(=O)Cc1c(C)[nH]c2ccccc12. The molecule has 1 unspecified atom stereocenters. The van der Waals surface area contributed by atoms with E-state index in [9.17, 15) is 4.79 Å². The Morgan fingerprint density at radius 2 is 1.90 bits per heavy atom. The first-order valence-corrected chi connectivity index (χ1v) is 9.62. The fourth-order valence-electron chi connectivity index (χ4n) is 3.63. The molecule has 1 atom stereocenters. The zero-order chi connectivity index (χ0) is 20.4. The molecular weight excluding hydrogens is 362 g/mol. The van der Waals surface area contributed by atoms with E-state index in [0.717, 1.165) is 39.0 Å². The van der Waals surface area contributed by atoms with Gasteiger partial charge in [0.05, 0.1) is 12.5 Å². The van der Waals surface area contributed by atoms with E-state index < -0.39 is 0 Å². The van der Waals surface area contributed by atoms with Crippen molar-refractivity contribution in [2.24, 2.45) is 0 Å². The van der Waals surface area contributed by atoms with E-state index in [0.29, 0.717) is 12.2 Å². The second-order valence-electron chi connectivity index (χ2n) is 7.21. The highest BCUT2D eigenvalue weighted by Crippen LogP contribution is 2.23. The smallest absolute Gasteiger partial charge is 0.224 e. The van der Waals surface area contributed by atoms with Crippen LogP contribution >= 0.6 is 0 Å². The summed E-state index contributed by atoms with van der Waals surface area (Å²) in [6.45, 7) is 5.90. The third-order valence-electron chi connectivity index (χ3n) is 5.16. The van der Waals surface area contributed by atoms with E-state index in [1.54, 1.807) is 18.6 Å². The summed E-state index contributed by atoms with van der Waals surface area (Å²) in [6, 6.07) is 11.6. The maximum absolute atomic E-state index is 12.7. The lowest BCUT2D eigenvalue weighted by molar-refractivity contribution is -0.121. The molecule has 3 heterocycles. The van der Waals surface area contributed by atoms with Crippen LogP contribution in [0.15, 0.2) is 55.0 Å². The van der Waals surface area contributed by atoms with Crippen LogP contribution in [0.1, 0.15) is 35.5 Å². The molecule has 4 rings (SSSR count). The lowest BCUT2D eigenvalue weighted by Gasteiger charge is -2.16. The van der Waals surface area contributed by atoms with Gasteiger partial charge in [-0.15, -0.1) is 0 Å².